The zero-order valence-electron chi connectivity index (χ0n) is 10.3. The Balaban J connectivity index is 1.86. The molecule has 1 fully saturated rings. The first-order valence-corrected chi connectivity index (χ1v) is 6.30. The van der Waals surface area contributed by atoms with Crippen LogP contribution in [-0.4, -0.2) is 28.2 Å². The summed E-state index contributed by atoms with van der Waals surface area (Å²) < 4.78 is 5.33. The highest BCUT2D eigenvalue weighted by atomic mass is 16.5. The molecule has 5 heteroatoms. The standard InChI is InChI=1S/C13H16N4O/c1-14-11-6-2-5-10(11)12-16-13(18-17-12)9-4-3-7-15-8-9/h3-4,7-8,10-11,14H,2,5-6H2,1H3/t10-,11+/m1/s1. The minimum absolute atomic E-state index is 0.365. The summed E-state index contributed by atoms with van der Waals surface area (Å²) in [4.78, 5) is 8.56. The molecule has 2 heterocycles. The molecule has 1 aliphatic carbocycles. The van der Waals surface area contributed by atoms with Crippen LogP contribution >= 0.6 is 0 Å². The fraction of sp³-hybridized carbons (Fsp3) is 0.462. The van der Waals surface area contributed by atoms with E-state index < -0.39 is 0 Å². The van der Waals surface area contributed by atoms with Crippen LogP contribution in [-0.2, 0) is 0 Å². The normalized spacial score (nSPS) is 23.4. The number of hydrogen-bond donors (Lipinski definition) is 1. The number of nitrogens with one attached hydrogen (secondary N) is 1. The summed E-state index contributed by atoms with van der Waals surface area (Å²) in [6.45, 7) is 0. The Kier molecular flexibility index (Phi) is 3.06. The maximum Gasteiger partial charge on any atom is 0.259 e. The first-order valence-electron chi connectivity index (χ1n) is 6.30. The zero-order valence-corrected chi connectivity index (χ0v) is 10.3. The molecule has 5 nitrogen and oxygen atoms in total. The summed E-state index contributed by atoms with van der Waals surface area (Å²) in [5.41, 5.74) is 0.871. The van der Waals surface area contributed by atoms with E-state index in [4.69, 9.17) is 4.52 Å². The molecule has 0 spiro atoms. The summed E-state index contributed by atoms with van der Waals surface area (Å²) in [5.74, 6) is 1.73. The Morgan fingerprint density at radius 2 is 2.33 bits per heavy atom. The maximum absolute atomic E-state index is 5.33. The third-order valence-corrected chi connectivity index (χ3v) is 3.57. The van der Waals surface area contributed by atoms with Crippen LogP contribution in [0.4, 0.5) is 0 Å². The van der Waals surface area contributed by atoms with Gasteiger partial charge in [0.25, 0.3) is 5.89 Å². The van der Waals surface area contributed by atoms with Gasteiger partial charge in [-0.15, -0.1) is 0 Å². The topological polar surface area (TPSA) is 63.8 Å². The van der Waals surface area contributed by atoms with Gasteiger partial charge in [-0.1, -0.05) is 11.6 Å². The van der Waals surface area contributed by atoms with E-state index in [2.05, 4.69) is 20.4 Å². The average Bonchev–Trinajstić information content (AvgIpc) is 3.08. The van der Waals surface area contributed by atoms with Crippen LogP contribution in [0.1, 0.15) is 31.0 Å². The van der Waals surface area contributed by atoms with E-state index in [-0.39, 0.29) is 0 Å². The molecule has 2 atom stereocenters. The SMILES string of the molecule is CN[C@H]1CCC[C@H]1c1noc(-c2cccnc2)n1. The smallest absolute Gasteiger partial charge is 0.259 e. The predicted molar refractivity (Wildman–Crippen MR) is 67.0 cm³/mol. The van der Waals surface area contributed by atoms with Gasteiger partial charge in [-0.25, -0.2) is 0 Å². The van der Waals surface area contributed by atoms with E-state index in [0.29, 0.717) is 17.9 Å². The van der Waals surface area contributed by atoms with Crippen molar-refractivity contribution in [3.63, 3.8) is 0 Å². The van der Waals surface area contributed by atoms with Crippen LogP contribution in [0.2, 0.25) is 0 Å². The highest BCUT2D eigenvalue weighted by Crippen LogP contribution is 2.33. The van der Waals surface area contributed by atoms with Crippen LogP contribution < -0.4 is 5.32 Å². The molecule has 1 aliphatic rings. The summed E-state index contributed by atoms with van der Waals surface area (Å²) in [6.07, 6.45) is 6.98. The summed E-state index contributed by atoms with van der Waals surface area (Å²) in [7, 11) is 1.99. The maximum atomic E-state index is 5.33. The van der Waals surface area contributed by atoms with Gasteiger partial charge in [0.2, 0.25) is 0 Å². The van der Waals surface area contributed by atoms with Crippen molar-refractivity contribution < 1.29 is 4.52 Å². The monoisotopic (exact) mass is 244 g/mol. The van der Waals surface area contributed by atoms with Crippen molar-refractivity contribution in [2.45, 2.75) is 31.2 Å². The molecule has 3 rings (SSSR count). The lowest BCUT2D eigenvalue weighted by Gasteiger charge is -2.14. The molecule has 0 aromatic carbocycles. The van der Waals surface area contributed by atoms with E-state index in [1.807, 2.05) is 19.2 Å². The molecule has 2 aromatic heterocycles. The predicted octanol–water partition coefficient (Wildman–Crippen LogP) is 1.99. The van der Waals surface area contributed by atoms with Gasteiger partial charge in [-0.3, -0.25) is 4.98 Å². The lowest BCUT2D eigenvalue weighted by Crippen LogP contribution is -2.28. The van der Waals surface area contributed by atoms with Gasteiger partial charge in [0.05, 0.1) is 5.56 Å². The van der Waals surface area contributed by atoms with Crippen molar-refractivity contribution in [1.29, 1.82) is 0 Å². The number of nitrogens with zero attached hydrogens (tertiary/aromatic N) is 3. The van der Waals surface area contributed by atoms with Crippen molar-refractivity contribution in [3.05, 3.63) is 30.4 Å². The lowest BCUT2D eigenvalue weighted by molar-refractivity contribution is 0.405. The molecule has 0 unspecified atom stereocenters. The number of likely N-dealkylation sites (N-methyl/N-ethyl adjacent to an activating group) is 1. The fourth-order valence-electron chi connectivity index (χ4n) is 2.61. The summed E-state index contributed by atoms with van der Waals surface area (Å²) >= 11 is 0. The zero-order chi connectivity index (χ0) is 12.4. The first-order chi connectivity index (χ1) is 8.88. The van der Waals surface area contributed by atoms with E-state index in [0.717, 1.165) is 17.8 Å². The molecule has 0 radical (unpaired) electrons. The second kappa shape index (κ2) is 4.86. The Morgan fingerprint density at radius 3 is 3.11 bits per heavy atom. The second-order valence-corrected chi connectivity index (χ2v) is 4.63. The van der Waals surface area contributed by atoms with E-state index in [1.165, 1.54) is 12.8 Å². The van der Waals surface area contributed by atoms with Crippen molar-refractivity contribution in [2.75, 3.05) is 7.05 Å². The molecule has 18 heavy (non-hydrogen) atoms. The Bertz CT molecular complexity index is 511. The molecule has 1 N–H and O–H groups in total. The van der Waals surface area contributed by atoms with Crippen LogP contribution in [0, 0.1) is 0 Å². The van der Waals surface area contributed by atoms with E-state index in [9.17, 15) is 0 Å². The molecule has 0 bridgehead atoms. The third kappa shape index (κ3) is 2.01. The molecule has 0 amide bonds. The highest BCUT2D eigenvalue weighted by Gasteiger charge is 2.31. The highest BCUT2D eigenvalue weighted by molar-refractivity contribution is 5.50. The van der Waals surface area contributed by atoms with E-state index in [1.54, 1.807) is 12.4 Å². The van der Waals surface area contributed by atoms with Gasteiger partial charge in [0, 0.05) is 24.4 Å². The average molecular weight is 244 g/mol. The molecular weight excluding hydrogens is 228 g/mol. The first kappa shape index (κ1) is 11.3. The number of hydrogen-bond acceptors (Lipinski definition) is 5. The van der Waals surface area contributed by atoms with Crippen LogP contribution in [0.3, 0.4) is 0 Å². The van der Waals surface area contributed by atoms with Crippen LogP contribution in [0.15, 0.2) is 29.0 Å². The molecular formula is C13H16N4O. The number of rotatable bonds is 3. The minimum Gasteiger partial charge on any atom is -0.334 e. The van der Waals surface area contributed by atoms with Gasteiger partial charge in [-0.2, -0.15) is 4.98 Å². The van der Waals surface area contributed by atoms with Crippen molar-refractivity contribution in [3.8, 4) is 11.5 Å². The third-order valence-electron chi connectivity index (χ3n) is 3.57. The second-order valence-electron chi connectivity index (χ2n) is 4.63. The molecule has 0 aliphatic heterocycles. The van der Waals surface area contributed by atoms with Gasteiger partial charge in [0.1, 0.15) is 0 Å². The van der Waals surface area contributed by atoms with Crippen LogP contribution in [0.25, 0.3) is 11.5 Å². The lowest BCUT2D eigenvalue weighted by atomic mass is 10.0. The molecule has 0 saturated heterocycles. The minimum atomic E-state index is 0.365. The van der Waals surface area contributed by atoms with Gasteiger partial charge < -0.3 is 9.84 Å². The Morgan fingerprint density at radius 1 is 1.39 bits per heavy atom. The van der Waals surface area contributed by atoms with Gasteiger partial charge in [-0.05, 0) is 32.0 Å². The van der Waals surface area contributed by atoms with Gasteiger partial charge >= 0.3 is 0 Å². The number of pyridine rings is 1. The van der Waals surface area contributed by atoms with Gasteiger partial charge in [0.15, 0.2) is 5.82 Å². The quantitative estimate of drug-likeness (QED) is 0.894. The fourth-order valence-corrected chi connectivity index (χ4v) is 2.61. The van der Waals surface area contributed by atoms with Crippen molar-refractivity contribution in [2.24, 2.45) is 0 Å². The van der Waals surface area contributed by atoms with Crippen molar-refractivity contribution in [1.82, 2.24) is 20.4 Å². The Labute approximate surface area is 106 Å². The van der Waals surface area contributed by atoms with Crippen LogP contribution in [0.5, 0.6) is 0 Å². The van der Waals surface area contributed by atoms with E-state index >= 15 is 0 Å². The summed E-state index contributed by atoms with van der Waals surface area (Å²) in [6, 6.07) is 4.25. The Hall–Kier alpha value is -1.75. The van der Waals surface area contributed by atoms with Crippen molar-refractivity contribution >= 4 is 0 Å². The number of aromatic nitrogens is 3. The molecule has 2 aromatic rings. The molecule has 1 saturated carbocycles. The largest absolute Gasteiger partial charge is 0.334 e. The summed E-state index contributed by atoms with van der Waals surface area (Å²) in [5, 5.41) is 7.45. The molecule has 94 valence electrons.